The quantitative estimate of drug-likeness (QED) is 0.337. The zero-order chi connectivity index (χ0) is 19.8. The second-order valence-corrected chi connectivity index (χ2v) is 6.01. The third-order valence-corrected chi connectivity index (χ3v) is 3.95. The number of rotatable bonds is 7. The van der Waals surface area contributed by atoms with E-state index in [1.807, 2.05) is 6.07 Å². The number of nitrogens with zero attached hydrogens (tertiary/aromatic N) is 1. The van der Waals surface area contributed by atoms with Crippen LogP contribution in [0.5, 0.6) is 0 Å². The minimum Gasteiger partial charge on any atom is -0.452 e. The summed E-state index contributed by atoms with van der Waals surface area (Å²) < 4.78 is 4.88. The van der Waals surface area contributed by atoms with Crippen LogP contribution in [-0.2, 0) is 14.3 Å². The standard InChI is InChI=1S/C19H17ClN2O5/c1-13(16-4-2-3-5-17(16)20)21-18(23)12-27-19(24)11-8-14-6-9-15(10-7-14)22(25)26/h2-11,13H,12H2,1H3,(H,21,23)/b11-8+/t13-/m0/s1. The Kier molecular flexibility index (Phi) is 7.08. The van der Waals surface area contributed by atoms with Gasteiger partial charge in [-0.15, -0.1) is 0 Å². The van der Waals surface area contributed by atoms with Crippen molar-refractivity contribution in [1.82, 2.24) is 5.32 Å². The summed E-state index contributed by atoms with van der Waals surface area (Å²) in [5, 5.41) is 13.8. The highest BCUT2D eigenvalue weighted by Crippen LogP contribution is 2.21. The summed E-state index contributed by atoms with van der Waals surface area (Å²) >= 11 is 6.07. The summed E-state index contributed by atoms with van der Waals surface area (Å²) in [5.41, 5.74) is 1.31. The first-order chi connectivity index (χ1) is 12.9. The second-order valence-electron chi connectivity index (χ2n) is 5.60. The predicted molar refractivity (Wildman–Crippen MR) is 101 cm³/mol. The number of nitro groups is 1. The maximum absolute atomic E-state index is 11.9. The van der Waals surface area contributed by atoms with Crippen molar-refractivity contribution in [2.45, 2.75) is 13.0 Å². The zero-order valence-corrected chi connectivity index (χ0v) is 15.2. The highest BCUT2D eigenvalue weighted by molar-refractivity contribution is 6.31. The van der Waals surface area contributed by atoms with E-state index in [0.717, 1.165) is 11.6 Å². The van der Waals surface area contributed by atoms with Crippen LogP contribution in [0.25, 0.3) is 6.08 Å². The molecule has 1 N–H and O–H groups in total. The van der Waals surface area contributed by atoms with Crippen molar-refractivity contribution in [3.8, 4) is 0 Å². The van der Waals surface area contributed by atoms with E-state index >= 15 is 0 Å². The maximum Gasteiger partial charge on any atom is 0.331 e. The fourth-order valence-electron chi connectivity index (χ4n) is 2.24. The van der Waals surface area contributed by atoms with Crippen LogP contribution >= 0.6 is 11.6 Å². The van der Waals surface area contributed by atoms with E-state index in [9.17, 15) is 19.7 Å². The maximum atomic E-state index is 11.9. The van der Waals surface area contributed by atoms with E-state index in [1.165, 1.54) is 30.3 Å². The fraction of sp³-hybridized carbons (Fsp3) is 0.158. The van der Waals surface area contributed by atoms with E-state index in [2.05, 4.69) is 5.32 Å². The van der Waals surface area contributed by atoms with Crippen molar-refractivity contribution < 1.29 is 19.2 Å². The van der Waals surface area contributed by atoms with Crippen LogP contribution in [0, 0.1) is 10.1 Å². The molecule has 0 aromatic heterocycles. The number of hydrogen-bond donors (Lipinski definition) is 1. The van der Waals surface area contributed by atoms with Crippen molar-refractivity contribution in [3.05, 3.63) is 80.9 Å². The molecule has 0 bridgehead atoms. The molecule has 7 nitrogen and oxygen atoms in total. The topological polar surface area (TPSA) is 98.5 Å². The van der Waals surface area contributed by atoms with Crippen molar-refractivity contribution >= 4 is 35.2 Å². The summed E-state index contributed by atoms with van der Waals surface area (Å²) in [4.78, 5) is 33.7. The molecule has 0 aliphatic rings. The number of halogens is 1. The molecule has 0 saturated carbocycles. The van der Waals surface area contributed by atoms with E-state index < -0.39 is 23.4 Å². The average Bonchev–Trinajstić information content (AvgIpc) is 2.65. The molecule has 2 rings (SSSR count). The number of nitro benzene ring substituents is 1. The molecule has 140 valence electrons. The van der Waals surface area contributed by atoms with Crippen LogP contribution in [0.1, 0.15) is 24.1 Å². The van der Waals surface area contributed by atoms with Crippen molar-refractivity contribution in [2.24, 2.45) is 0 Å². The number of carbonyl (C=O) groups excluding carboxylic acids is 2. The highest BCUT2D eigenvalue weighted by atomic mass is 35.5. The van der Waals surface area contributed by atoms with E-state index in [-0.39, 0.29) is 11.7 Å². The molecule has 0 heterocycles. The summed E-state index contributed by atoms with van der Waals surface area (Å²) in [6.45, 7) is 1.34. The summed E-state index contributed by atoms with van der Waals surface area (Å²) in [7, 11) is 0. The van der Waals surface area contributed by atoms with E-state index in [0.29, 0.717) is 10.6 Å². The molecule has 2 aromatic rings. The molecule has 0 aliphatic carbocycles. The molecule has 0 aliphatic heterocycles. The number of non-ortho nitro benzene ring substituents is 1. The summed E-state index contributed by atoms with van der Waals surface area (Å²) in [5.74, 6) is -1.16. The van der Waals surface area contributed by atoms with Crippen molar-refractivity contribution in [2.75, 3.05) is 6.61 Å². The van der Waals surface area contributed by atoms with Gasteiger partial charge in [-0.1, -0.05) is 29.8 Å². The molecule has 0 fully saturated rings. The van der Waals surface area contributed by atoms with Crippen LogP contribution in [0.15, 0.2) is 54.6 Å². The van der Waals surface area contributed by atoms with E-state index in [1.54, 1.807) is 25.1 Å². The van der Waals surface area contributed by atoms with Gasteiger partial charge in [-0.2, -0.15) is 0 Å². The Morgan fingerprint density at radius 1 is 1.22 bits per heavy atom. The largest absolute Gasteiger partial charge is 0.452 e. The minimum atomic E-state index is -0.700. The lowest BCUT2D eigenvalue weighted by Crippen LogP contribution is -2.31. The molecule has 2 aromatic carbocycles. The van der Waals surface area contributed by atoms with Gasteiger partial charge in [-0.3, -0.25) is 14.9 Å². The molecule has 1 atom stereocenters. The van der Waals surface area contributed by atoms with Gasteiger partial charge in [0.2, 0.25) is 0 Å². The van der Waals surface area contributed by atoms with Crippen molar-refractivity contribution in [1.29, 1.82) is 0 Å². The number of esters is 1. The number of nitrogens with one attached hydrogen (secondary N) is 1. The lowest BCUT2D eigenvalue weighted by Gasteiger charge is -2.15. The fourth-order valence-corrected chi connectivity index (χ4v) is 2.54. The lowest BCUT2D eigenvalue weighted by atomic mass is 10.1. The Labute approximate surface area is 160 Å². The molecule has 27 heavy (non-hydrogen) atoms. The van der Waals surface area contributed by atoms with Gasteiger partial charge in [0, 0.05) is 23.2 Å². The van der Waals surface area contributed by atoms with E-state index in [4.69, 9.17) is 16.3 Å². The first kappa shape index (κ1) is 20.1. The van der Waals surface area contributed by atoms with Crippen LogP contribution in [0.2, 0.25) is 5.02 Å². The second kappa shape index (κ2) is 9.49. The summed E-state index contributed by atoms with van der Waals surface area (Å²) in [6, 6.07) is 12.4. The number of amides is 1. The number of carbonyl (C=O) groups is 2. The Bertz CT molecular complexity index is 865. The number of hydrogen-bond acceptors (Lipinski definition) is 5. The zero-order valence-electron chi connectivity index (χ0n) is 14.4. The Morgan fingerprint density at radius 2 is 1.89 bits per heavy atom. The normalized spacial score (nSPS) is 11.8. The monoisotopic (exact) mass is 388 g/mol. The van der Waals surface area contributed by atoms with Gasteiger partial charge in [0.25, 0.3) is 11.6 Å². The molecule has 1 amide bonds. The third-order valence-electron chi connectivity index (χ3n) is 3.61. The Hall–Kier alpha value is -3.19. The first-order valence-electron chi connectivity index (χ1n) is 8.00. The van der Waals surface area contributed by atoms with Gasteiger partial charge in [0.15, 0.2) is 6.61 Å². The lowest BCUT2D eigenvalue weighted by molar-refractivity contribution is -0.384. The van der Waals surface area contributed by atoms with Crippen LogP contribution in [0.4, 0.5) is 5.69 Å². The smallest absolute Gasteiger partial charge is 0.331 e. The Balaban J connectivity index is 1.81. The van der Waals surface area contributed by atoms with Crippen LogP contribution in [-0.4, -0.2) is 23.4 Å². The minimum absolute atomic E-state index is 0.0426. The van der Waals surface area contributed by atoms with Crippen LogP contribution in [0.3, 0.4) is 0 Å². The van der Waals surface area contributed by atoms with Gasteiger partial charge in [0.1, 0.15) is 0 Å². The SMILES string of the molecule is C[C@H](NC(=O)COC(=O)/C=C/c1ccc([N+](=O)[O-])cc1)c1ccccc1Cl. The molecular weight excluding hydrogens is 372 g/mol. The third kappa shape index (κ3) is 6.23. The number of benzene rings is 2. The van der Waals surface area contributed by atoms with Crippen molar-refractivity contribution in [3.63, 3.8) is 0 Å². The predicted octanol–water partition coefficient (Wildman–Crippen LogP) is 3.68. The molecular formula is C19H17ClN2O5. The van der Waals surface area contributed by atoms with Gasteiger partial charge < -0.3 is 10.1 Å². The molecule has 8 heteroatoms. The number of ether oxygens (including phenoxy) is 1. The first-order valence-corrected chi connectivity index (χ1v) is 8.37. The summed E-state index contributed by atoms with van der Waals surface area (Å²) in [6.07, 6.45) is 2.59. The average molecular weight is 389 g/mol. The Morgan fingerprint density at radius 3 is 2.52 bits per heavy atom. The van der Waals surface area contributed by atoms with Gasteiger partial charge in [-0.25, -0.2) is 4.79 Å². The van der Waals surface area contributed by atoms with Crippen LogP contribution < -0.4 is 5.32 Å². The molecule has 0 radical (unpaired) electrons. The molecule has 0 spiro atoms. The molecule has 0 saturated heterocycles. The van der Waals surface area contributed by atoms with Gasteiger partial charge in [0.05, 0.1) is 11.0 Å². The van der Waals surface area contributed by atoms with Gasteiger partial charge in [-0.05, 0) is 42.3 Å². The molecule has 0 unspecified atom stereocenters. The van der Waals surface area contributed by atoms with Gasteiger partial charge >= 0.3 is 5.97 Å². The highest BCUT2D eigenvalue weighted by Gasteiger charge is 2.13.